The monoisotopic (exact) mass is 398 g/mol. The minimum Gasteiger partial charge on any atom is -0.325 e. The summed E-state index contributed by atoms with van der Waals surface area (Å²) in [7, 11) is 0. The van der Waals surface area contributed by atoms with Crippen LogP contribution in [0.5, 0.6) is 0 Å². The van der Waals surface area contributed by atoms with Crippen molar-refractivity contribution in [2.24, 2.45) is 5.73 Å². The fourth-order valence-corrected chi connectivity index (χ4v) is 3.20. The fraction of sp³-hybridized carbons (Fsp3) is 0.444. The molecular formula is C18H21F3N4OS. The molecule has 1 heterocycles. The molecule has 3 rings (SSSR count). The molecule has 1 aliphatic carbocycles. The Balaban J connectivity index is 1.76. The molecule has 1 atom stereocenters. The van der Waals surface area contributed by atoms with Crippen LogP contribution in [0.3, 0.4) is 0 Å². The number of amides is 1. The number of nitrogens with one attached hydrogen (secondary N) is 1. The van der Waals surface area contributed by atoms with Gasteiger partial charge in [-0.15, -0.1) is 0 Å². The number of halogens is 3. The van der Waals surface area contributed by atoms with E-state index in [-0.39, 0.29) is 11.8 Å². The number of rotatable bonds is 7. The van der Waals surface area contributed by atoms with Crippen molar-refractivity contribution in [3.8, 4) is 5.69 Å². The summed E-state index contributed by atoms with van der Waals surface area (Å²) >= 11 is 1.62. The van der Waals surface area contributed by atoms with Gasteiger partial charge in [0.25, 0.3) is 0 Å². The lowest BCUT2D eigenvalue weighted by Crippen LogP contribution is -2.36. The SMILES string of the molecule is CSCCC(N)C(=O)Nc1ccc(-n2nc(C(F)(F)F)cc2C2CC2)cc1. The molecule has 1 saturated carbocycles. The lowest BCUT2D eigenvalue weighted by molar-refractivity contribution is -0.141. The molecule has 1 aromatic heterocycles. The highest BCUT2D eigenvalue weighted by Gasteiger charge is 2.38. The quantitative estimate of drug-likeness (QED) is 0.744. The van der Waals surface area contributed by atoms with E-state index in [9.17, 15) is 18.0 Å². The third-order valence-corrected chi connectivity index (χ3v) is 5.02. The maximum absolute atomic E-state index is 13.0. The first-order valence-corrected chi connectivity index (χ1v) is 10.0. The second kappa shape index (κ2) is 7.93. The summed E-state index contributed by atoms with van der Waals surface area (Å²) in [4.78, 5) is 12.1. The fourth-order valence-electron chi connectivity index (χ4n) is 2.71. The number of carbonyl (C=O) groups is 1. The van der Waals surface area contributed by atoms with E-state index in [1.54, 1.807) is 36.0 Å². The molecule has 0 radical (unpaired) electrons. The Hall–Kier alpha value is -2.00. The van der Waals surface area contributed by atoms with Gasteiger partial charge in [0, 0.05) is 17.3 Å². The Bertz CT molecular complexity index is 800. The summed E-state index contributed by atoms with van der Waals surface area (Å²) in [5, 5.41) is 6.47. The summed E-state index contributed by atoms with van der Waals surface area (Å²) < 4.78 is 40.4. The standard InChI is InChI=1S/C18H21F3N4OS/c1-27-9-8-14(22)17(26)23-12-4-6-13(7-5-12)25-15(11-2-3-11)10-16(24-25)18(19,20)21/h4-7,10-11,14H,2-3,8-9,22H2,1H3,(H,23,26). The highest BCUT2D eigenvalue weighted by atomic mass is 32.2. The average Bonchev–Trinajstić information content (AvgIpc) is 3.37. The van der Waals surface area contributed by atoms with Crippen LogP contribution in [-0.2, 0) is 11.0 Å². The van der Waals surface area contributed by atoms with Crippen LogP contribution < -0.4 is 11.1 Å². The van der Waals surface area contributed by atoms with Crippen LogP contribution in [0.25, 0.3) is 5.69 Å². The molecule has 1 amide bonds. The molecule has 2 aromatic rings. The second-order valence-electron chi connectivity index (χ2n) is 6.56. The first-order valence-electron chi connectivity index (χ1n) is 8.62. The van der Waals surface area contributed by atoms with E-state index in [0.717, 1.165) is 24.7 Å². The number of benzene rings is 1. The van der Waals surface area contributed by atoms with Gasteiger partial charge in [0.15, 0.2) is 5.69 Å². The van der Waals surface area contributed by atoms with Gasteiger partial charge < -0.3 is 11.1 Å². The molecule has 5 nitrogen and oxygen atoms in total. The van der Waals surface area contributed by atoms with Crippen LogP contribution in [0.4, 0.5) is 18.9 Å². The maximum atomic E-state index is 13.0. The van der Waals surface area contributed by atoms with Gasteiger partial charge in [-0.3, -0.25) is 4.79 Å². The van der Waals surface area contributed by atoms with E-state index in [0.29, 0.717) is 23.5 Å². The molecule has 1 unspecified atom stereocenters. The lowest BCUT2D eigenvalue weighted by atomic mass is 10.2. The van der Waals surface area contributed by atoms with E-state index in [4.69, 9.17) is 5.73 Å². The number of carbonyl (C=O) groups excluding carboxylic acids is 1. The van der Waals surface area contributed by atoms with Crippen molar-refractivity contribution in [2.45, 2.75) is 37.4 Å². The Morgan fingerprint density at radius 2 is 2.04 bits per heavy atom. The first kappa shape index (κ1) is 19.8. The van der Waals surface area contributed by atoms with Gasteiger partial charge in [-0.1, -0.05) is 0 Å². The predicted octanol–water partition coefficient (Wildman–Crippen LogP) is 3.79. The Kier molecular flexibility index (Phi) is 5.81. The number of anilines is 1. The van der Waals surface area contributed by atoms with E-state index in [2.05, 4.69) is 10.4 Å². The van der Waals surface area contributed by atoms with Crippen molar-refractivity contribution in [3.05, 3.63) is 41.7 Å². The van der Waals surface area contributed by atoms with E-state index in [1.807, 2.05) is 6.26 Å². The Labute approximate surface area is 159 Å². The molecular weight excluding hydrogens is 377 g/mol. The van der Waals surface area contributed by atoms with Crippen molar-refractivity contribution in [3.63, 3.8) is 0 Å². The molecule has 3 N–H and O–H groups in total. The molecule has 9 heteroatoms. The van der Waals surface area contributed by atoms with Crippen LogP contribution in [0.1, 0.15) is 36.6 Å². The smallest absolute Gasteiger partial charge is 0.325 e. The summed E-state index contributed by atoms with van der Waals surface area (Å²) in [6.07, 6.45) is -0.228. The summed E-state index contributed by atoms with van der Waals surface area (Å²) in [5.41, 5.74) is 6.58. The zero-order valence-electron chi connectivity index (χ0n) is 14.8. The minimum absolute atomic E-state index is 0.113. The highest BCUT2D eigenvalue weighted by Crippen LogP contribution is 2.42. The van der Waals surface area contributed by atoms with E-state index >= 15 is 0 Å². The predicted molar refractivity (Wildman–Crippen MR) is 100 cm³/mol. The molecule has 0 aliphatic heterocycles. The van der Waals surface area contributed by atoms with Gasteiger partial charge >= 0.3 is 6.18 Å². The van der Waals surface area contributed by atoms with Crippen molar-refractivity contribution in [2.75, 3.05) is 17.3 Å². The van der Waals surface area contributed by atoms with Gasteiger partial charge in [-0.05, 0) is 61.6 Å². The number of nitrogens with zero attached hydrogens (tertiary/aromatic N) is 2. The van der Waals surface area contributed by atoms with Gasteiger partial charge in [-0.25, -0.2) is 4.68 Å². The highest BCUT2D eigenvalue weighted by molar-refractivity contribution is 7.98. The number of aromatic nitrogens is 2. The third kappa shape index (κ3) is 4.84. The largest absolute Gasteiger partial charge is 0.435 e. The maximum Gasteiger partial charge on any atom is 0.435 e. The second-order valence-corrected chi connectivity index (χ2v) is 7.55. The minimum atomic E-state index is -4.48. The third-order valence-electron chi connectivity index (χ3n) is 4.37. The summed E-state index contributed by atoms with van der Waals surface area (Å²) in [5.74, 6) is 0.620. The number of nitrogens with two attached hydrogens (primary N) is 1. The number of hydrogen-bond donors (Lipinski definition) is 2. The van der Waals surface area contributed by atoms with E-state index in [1.165, 1.54) is 4.68 Å². The van der Waals surface area contributed by atoms with Crippen LogP contribution in [0.15, 0.2) is 30.3 Å². The van der Waals surface area contributed by atoms with Crippen molar-refractivity contribution >= 4 is 23.4 Å². The zero-order chi connectivity index (χ0) is 19.6. The lowest BCUT2D eigenvalue weighted by Gasteiger charge is -2.12. The Morgan fingerprint density at radius 1 is 1.37 bits per heavy atom. The number of alkyl halides is 3. The van der Waals surface area contributed by atoms with Crippen LogP contribution in [-0.4, -0.2) is 33.7 Å². The first-order chi connectivity index (χ1) is 12.8. The topological polar surface area (TPSA) is 72.9 Å². The number of thioether (sulfide) groups is 1. The van der Waals surface area contributed by atoms with Crippen molar-refractivity contribution < 1.29 is 18.0 Å². The number of hydrogen-bond acceptors (Lipinski definition) is 4. The van der Waals surface area contributed by atoms with Crippen LogP contribution >= 0.6 is 11.8 Å². The molecule has 0 spiro atoms. The van der Waals surface area contributed by atoms with Crippen molar-refractivity contribution in [1.82, 2.24) is 9.78 Å². The van der Waals surface area contributed by atoms with Crippen LogP contribution in [0.2, 0.25) is 0 Å². The van der Waals surface area contributed by atoms with Crippen molar-refractivity contribution in [1.29, 1.82) is 0 Å². The Morgan fingerprint density at radius 3 is 2.59 bits per heavy atom. The molecule has 1 aliphatic rings. The van der Waals surface area contributed by atoms with E-state index < -0.39 is 17.9 Å². The zero-order valence-corrected chi connectivity index (χ0v) is 15.6. The van der Waals surface area contributed by atoms with Gasteiger partial charge in [0.1, 0.15) is 0 Å². The van der Waals surface area contributed by atoms with Gasteiger partial charge in [0.2, 0.25) is 5.91 Å². The molecule has 146 valence electrons. The molecule has 1 fully saturated rings. The van der Waals surface area contributed by atoms with Crippen LogP contribution in [0, 0.1) is 0 Å². The van der Waals surface area contributed by atoms with Gasteiger partial charge in [-0.2, -0.15) is 30.0 Å². The molecule has 1 aromatic carbocycles. The summed E-state index contributed by atoms with van der Waals surface area (Å²) in [6, 6.07) is 7.08. The molecule has 0 saturated heterocycles. The molecule has 27 heavy (non-hydrogen) atoms. The molecule has 0 bridgehead atoms. The van der Waals surface area contributed by atoms with Gasteiger partial charge in [0.05, 0.1) is 11.7 Å². The average molecular weight is 398 g/mol. The summed E-state index contributed by atoms with van der Waals surface area (Å²) in [6.45, 7) is 0. The normalized spacial score (nSPS) is 15.6.